The van der Waals surface area contributed by atoms with Crippen LogP contribution in [0.15, 0.2) is 23.8 Å². The lowest BCUT2D eigenvalue weighted by atomic mass is 9.47. The van der Waals surface area contributed by atoms with E-state index < -0.39 is 0 Å². The summed E-state index contributed by atoms with van der Waals surface area (Å²) in [6.07, 6.45) is 18.2. The SMILES string of the molecule is C=C(C)C(CC)[C@H](CC)CC[C@@H](C)[C@H]1CC[C@H]2C3=CC[C@H]4C[C@@H](O)CC[C@]4(C)[C@H]3CC[C@]12C. The highest BCUT2D eigenvalue weighted by Crippen LogP contribution is 2.67. The molecule has 0 aromatic heterocycles. The number of hydrogen-bond acceptors (Lipinski definition) is 1. The largest absolute Gasteiger partial charge is 0.393 e. The highest BCUT2D eigenvalue weighted by Gasteiger charge is 2.58. The van der Waals surface area contributed by atoms with Gasteiger partial charge in [0.25, 0.3) is 0 Å². The minimum absolute atomic E-state index is 0.0484. The van der Waals surface area contributed by atoms with Crippen LogP contribution in [0.1, 0.15) is 119 Å². The Bertz CT molecular complexity index is 735. The van der Waals surface area contributed by atoms with Crippen LogP contribution in [0.3, 0.4) is 0 Å². The van der Waals surface area contributed by atoms with Gasteiger partial charge in [-0.2, -0.15) is 0 Å². The van der Waals surface area contributed by atoms with Gasteiger partial charge in [-0.15, -0.1) is 0 Å². The maximum atomic E-state index is 10.3. The molecule has 0 amide bonds. The fourth-order valence-electron chi connectivity index (χ4n) is 9.92. The van der Waals surface area contributed by atoms with Crippen LogP contribution in [0.4, 0.5) is 0 Å². The molecule has 0 bridgehead atoms. The summed E-state index contributed by atoms with van der Waals surface area (Å²) >= 11 is 0. The van der Waals surface area contributed by atoms with Crippen molar-refractivity contribution in [1.29, 1.82) is 0 Å². The monoisotopic (exact) mass is 454 g/mol. The predicted molar refractivity (Wildman–Crippen MR) is 142 cm³/mol. The Hall–Kier alpha value is -0.560. The van der Waals surface area contributed by atoms with Gasteiger partial charge in [-0.3, -0.25) is 0 Å². The van der Waals surface area contributed by atoms with Crippen molar-refractivity contribution in [2.24, 2.45) is 52.3 Å². The van der Waals surface area contributed by atoms with E-state index in [2.05, 4.69) is 54.2 Å². The van der Waals surface area contributed by atoms with E-state index in [1.165, 1.54) is 69.8 Å². The summed E-state index contributed by atoms with van der Waals surface area (Å²) in [6.45, 7) is 19.2. The summed E-state index contributed by atoms with van der Waals surface area (Å²) in [6, 6.07) is 0. The van der Waals surface area contributed by atoms with Crippen molar-refractivity contribution in [2.45, 2.75) is 125 Å². The Morgan fingerprint density at radius 1 is 1.03 bits per heavy atom. The van der Waals surface area contributed by atoms with Gasteiger partial charge in [0.1, 0.15) is 0 Å². The van der Waals surface area contributed by atoms with Gasteiger partial charge < -0.3 is 5.11 Å². The van der Waals surface area contributed by atoms with E-state index in [4.69, 9.17) is 0 Å². The van der Waals surface area contributed by atoms with Crippen LogP contribution in [-0.2, 0) is 0 Å². The fourth-order valence-corrected chi connectivity index (χ4v) is 9.92. The second-order valence-electron chi connectivity index (χ2n) is 13.5. The summed E-state index contributed by atoms with van der Waals surface area (Å²) in [5, 5.41) is 10.3. The molecule has 1 unspecified atom stereocenters. The summed E-state index contributed by atoms with van der Waals surface area (Å²) in [7, 11) is 0. The van der Waals surface area contributed by atoms with Crippen molar-refractivity contribution in [1.82, 2.24) is 0 Å². The van der Waals surface area contributed by atoms with E-state index in [1.54, 1.807) is 0 Å². The predicted octanol–water partition coefficient (Wildman–Crippen LogP) is 8.97. The third-order valence-corrected chi connectivity index (χ3v) is 12.0. The van der Waals surface area contributed by atoms with E-state index >= 15 is 0 Å². The molecule has 0 aromatic carbocycles. The quantitative estimate of drug-likeness (QED) is 0.363. The molecule has 10 atom stereocenters. The second kappa shape index (κ2) is 9.83. The van der Waals surface area contributed by atoms with Gasteiger partial charge in [-0.25, -0.2) is 0 Å². The summed E-state index contributed by atoms with van der Waals surface area (Å²) in [5.41, 5.74) is 4.22. The first kappa shape index (κ1) is 25.5. The first-order valence-electron chi connectivity index (χ1n) is 14.7. The normalized spacial score (nSPS) is 43.0. The summed E-state index contributed by atoms with van der Waals surface area (Å²) in [5.74, 6) is 5.59. The topological polar surface area (TPSA) is 20.2 Å². The number of fused-ring (bicyclic) bond motifs is 5. The van der Waals surface area contributed by atoms with Crippen molar-refractivity contribution < 1.29 is 5.11 Å². The minimum Gasteiger partial charge on any atom is -0.393 e. The average molecular weight is 455 g/mol. The Morgan fingerprint density at radius 2 is 1.73 bits per heavy atom. The molecule has 33 heavy (non-hydrogen) atoms. The fraction of sp³-hybridized carbons (Fsp3) is 0.875. The maximum absolute atomic E-state index is 10.3. The standard InChI is InChI=1S/C32H54O/c1-8-23(26(9-2)21(3)4)11-10-22(5)28-14-15-29-27-13-12-24-20-25(33)16-18-31(24,6)30(27)17-19-32(28,29)7/h13,22-26,28-30,33H,3,8-12,14-20H2,1-2,4-7H3/t22-,23-,24+,25+,26?,28-,29+,30+,31+,32-/m1/s1. The van der Waals surface area contributed by atoms with Gasteiger partial charge in [-0.1, -0.05) is 71.3 Å². The molecule has 1 heteroatoms. The van der Waals surface area contributed by atoms with E-state index in [1.807, 2.05) is 5.57 Å². The Labute approximate surface area is 205 Å². The highest BCUT2D eigenvalue weighted by atomic mass is 16.3. The molecule has 1 N–H and O–H groups in total. The third-order valence-electron chi connectivity index (χ3n) is 12.0. The molecule has 4 aliphatic rings. The zero-order chi connectivity index (χ0) is 24.0. The molecule has 188 valence electrons. The van der Waals surface area contributed by atoms with Gasteiger partial charge in [0.05, 0.1) is 6.10 Å². The molecular formula is C32H54O. The van der Waals surface area contributed by atoms with Crippen LogP contribution in [0, 0.1) is 52.3 Å². The molecular weight excluding hydrogens is 400 g/mol. The number of allylic oxidation sites excluding steroid dienone is 3. The summed E-state index contributed by atoms with van der Waals surface area (Å²) in [4.78, 5) is 0. The van der Waals surface area contributed by atoms with Crippen LogP contribution < -0.4 is 0 Å². The molecule has 3 fully saturated rings. The number of hydrogen-bond donors (Lipinski definition) is 1. The van der Waals surface area contributed by atoms with Crippen LogP contribution in [0.2, 0.25) is 0 Å². The molecule has 0 heterocycles. The Kier molecular flexibility index (Phi) is 7.60. The molecule has 0 radical (unpaired) electrons. The smallest absolute Gasteiger partial charge is 0.0543 e. The van der Waals surface area contributed by atoms with Crippen molar-refractivity contribution in [3.8, 4) is 0 Å². The maximum Gasteiger partial charge on any atom is 0.0543 e. The van der Waals surface area contributed by atoms with Gasteiger partial charge >= 0.3 is 0 Å². The lowest BCUT2D eigenvalue weighted by molar-refractivity contribution is -0.0428. The molecule has 0 aromatic rings. The van der Waals surface area contributed by atoms with Crippen molar-refractivity contribution >= 4 is 0 Å². The van der Waals surface area contributed by atoms with E-state index in [-0.39, 0.29) is 6.10 Å². The van der Waals surface area contributed by atoms with Crippen molar-refractivity contribution in [2.75, 3.05) is 0 Å². The van der Waals surface area contributed by atoms with Crippen molar-refractivity contribution in [3.05, 3.63) is 23.8 Å². The zero-order valence-electron chi connectivity index (χ0n) is 22.8. The van der Waals surface area contributed by atoms with Crippen LogP contribution in [-0.4, -0.2) is 11.2 Å². The first-order valence-corrected chi connectivity index (χ1v) is 14.7. The van der Waals surface area contributed by atoms with Crippen molar-refractivity contribution in [3.63, 3.8) is 0 Å². The Morgan fingerprint density at radius 3 is 2.39 bits per heavy atom. The molecule has 4 aliphatic carbocycles. The molecule has 0 spiro atoms. The van der Waals surface area contributed by atoms with Gasteiger partial charge in [0.2, 0.25) is 0 Å². The molecule has 1 nitrogen and oxygen atoms in total. The number of aliphatic hydroxyl groups excluding tert-OH is 1. The third kappa shape index (κ3) is 4.43. The number of aliphatic hydroxyl groups is 1. The van der Waals surface area contributed by atoms with E-state index in [9.17, 15) is 5.11 Å². The second-order valence-corrected chi connectivity index (χ2v) is 13.5. The first-order chi connectivity index (χ1) is 15.7. The highest BCUT2D eigenvalue weighted by molar-refractivity contribution is 5.27. The molecule has 4 rings (SSSR count). The van der Waals surface area contributed by atoms with E-state index in [0.29, 0.717) is 22.7 Å². The lowest BCUT2D eigenvalue weighted by Crippen LogP contribution is -2.49. The van der Waals surface area contributed by atoms with Crippen LogP contribution >= 0.6 is 0 Å². The van der Waals surface area contributed by atoms with Crippen LogP contribution in [0.5, 0.6) is 0 Å². The van der Waals surface area contributed by atoms with Gasteiger partial charge in [0, 0.05) is 0 Å². The summed E-state index contributed by atoms with van der Waals surface area (Å²) < 4.78 is 0. The van der Waals surface area contributed by atoms with E-state index in [0.717, 1.165) is 42.4 Å². The Balaban J connectivity index is 1.46. The molecule has 0 aliphatic heterocycles. The zero-order valence-corrected chi connectivity index (χ0v) is 22.8. The van der Waals surface area contributed by atoms with Crippen LogP contribution in [0.25, 0.3) is 0 Å². The molecule has 3 saturated carbocycles. The molecule has 0 saturated heterocycles. The lowest BCUT2D eigenvalue weighted by Gasteiger charge is -2.57. The average Bonchev–Trinajstić information content (AvgIpc) is 3.14. The van der Waals surface area contributed by atoms with Gasteiger partial charge in [0.15, 0.2) is 0 Å². The van der Waals surface area contributed by atoms with Gasteiger partial charge in [-0.05, 0) is 123 Å². The minimum atomic E-state index is -0.0484. The number of rotatable bonds is 8.